The summed E-state index contributed by atoms with van der Waals surface area (Å²) in [7, 11) is 0. The average molecular weight is 465 g/mol. The number of halogens is 4. The zero-order valence-corrected chi connectivity index (χ0v) is 17.7. The van der Waals surface area contributed by atoms with E-state index in [4.69, 9.17) is 51.8 Å². The van der Waals surface area contributed by atoms with Crippen LogP contribution in [0.25, 0.3) is 0 Å². The Bertz CT molecular complexity index is 814. The van der Waals surface area contributed by atoms with Gasteiger partial charge in [0.1, 0.15) is 17.7 Å². The van der Waals surface area contributed by atoms with E-state index < -0.39 is 21.7 Å². The normalized spacial score (nSPS) is 12.0. The Morgan fingerprint density at radius 2 is 1.71 bits per heavy atom. The number of nitrogens with one attached hydrogen (secondary N) is 3. The standard InChI is InChI=1S/C18H17Cl3FN3O2S/c1-2-27-14-9-7-13(8-10-14)23-17(28)25-16(18(19,20)21)24-15(26)11-3-5-12(22)6-4-11/h3-10,16H,2H2,1H3,(H,24,26)(H2,23,25,28)/t16-/m1/s1. The number of alkyl halides is 3. The van der Waals surface area contributed by atoms with Crippen LogP contribution in [0.3, 0.4) is 0 Å². The van der Waals surface area contributed by atoms with Gasteiger partial charge in [-0.1, -0.05) is 34.8 Å². The number of rotatable bonds is 6. The van der Waals surface area contributed by atoms with Crippen molar-refractivity contribution in [2.75, 3.05) is 11.9 Å². The third-order valence-corrected chi connectivity index (χ3v) is 4.28. The summed E-state index contributed by atoms with van der Waals surface area (Å²) >= 11 is 23.1. The molecule has 0 unspecified atom stereocenters. The summed E-state index contributed by atoms with van der Waals surface area (Å²) in [6, 6.07) is 12.0. The van der Waals surface area contributed by atoms with E-state index in [1.54, 1.807) is 24.3 Å². The van der Waals surface area contributed by atoms with Gasteiger partial charge in [-0.15, -0.1) is 0 Å². The number of hydrogen-bond acceptors (Lipinski definition) is 3. The number of thiocarbonyl (C=S) groups is 1. The van der Waals surface area contributed by atoms with Gasteiger partial charge in [0, 0.05) is 11.3 Å². The number of hydrogen-bond donors (Lipinski definition) is 3. The summed E-state index contributed by atoms with van der Waals surface area (Å²) in [5.41, 5.74) is 0.877. The van der Waals surface area contributed by atoms with Gasteiger partial charge in [0.25, 0.3) is 5.91 Å². The first-order chi connectivity index (χ1) is 13.2. The van der Waals surface area contributed by atoms with Crippen molar-refractivity contribution in [2.24, 2.45) is 0 Å². The maximum absolute atomic E-state index is 13.0. The second kappa shape index (κ2) is 10.1. The topological polar surface area (TPSA) is 62.4 Å². The molecule has 2 aromatic carbocycles. The fraction of sp³-hybridized carbons (Fsp3) is 0.222. The Kier molecular flexibility index (Phi) is 8.12. The van der Waals surface area contributed by atoms with E-state index in [1.165, 1.54) is 12.1 Å². The van der Waals surface area contributed by atoms with Crippen molar-refractivity contribution in [3.8, 4) is 5.75 Å². The van der Waals surface area contributed by atoms with Gasteiger partial charge in [0.15, 0.2) is 5.11 Å². The van der Waals surface area contributed by atoms with Crippen molar-refractivity contribution in [3.63, 3.8) is 0 Å². The first-order valence-corrected chi connectivity index (χ1v) is 9.66. The Hall–Kier alpha value is -1.80. The molecule has 0 heterocycles. The molecule has 28 heavy (non-hydrogen) atoms. The minimum Gasteiger partial charge on any atom is -0.494 e. The van der Waals surface area contributed by atoms with Gasteiger partial charge >= 0.3 is 0 Å². The predicted molar refractivity (Wildman–Crippen MR) is 115 cm³/mol. The molecule has 2 rings (SSSR count). The molecule has 1 amide bonds. The number of carbonyl (C=O) groups is 1. The lowest BCUT2D eigenvalue weighted by Gasteiger charge is -2.27. The van der Waals surface area contributed by atoms with Crippen molar-refractivity contribution in [2.45, 2.75) is 16.9 Å². The summed E-state index contributed by atoms with van der Waals surface area (Å²) < 4.78 is 16.5. The van der Waals surface area contributed by atoms with E-state index in [9.17, 15) is 9.18 Å². The summed E-state index contributed by atoms with van der Waals surface area (Å²) in [4.78, 5) is 12.3. The molecule has 0 aliphatic rings. The van der Waals surface area contributed by atoms with Gasteiger partial charge in [-0.3, -0.25) is 4.79 Å². The highest BCUT2D eigenvalue weighted by Crippen LogP contribution is 2.29. The molecule has 0 aliphatic heterocycles. The molecule has 150 valence electrons. The summed E-state index contributed by atoms with van der Waals surface area (Å²) in [5.74, 6) is -0.307. The van der Waals surface area contributed by atoms with Gasteiger partial charge in [-0.25, -0.2) is 4.39 Å². The summed E-state index contributed by atoms with van der Waals surface area (Å²) in [5, 5.41) is 8.31. The maximum Gasteiger partial charge on any atom is 0.252 e. The van der Waals surface area contributed by atoms with Crippen LogP contribution in [-0.2, 0) is 0 Å². The van der Waals surface area contributed by atoms with Crippen LogP contribution in [0.15, 0.2) is 48.5 Å². The number of ether oxygens (including phenoxy) is 1. The number of benzene rings is 2. The molecule has 0 aliphatic carbocycles. The van der Waals surface area contributed by atoms with Gasteiger partial charge in [-0.2, -0.15) is 0 Å². The Balaban J connectivity index is 2.01. The molecule has 0 aromatic heterocycles. The van der Waals surface area contributed by atoms with Crippen molar-refractivity contribution >= 4 is 63.7 Å². The summed E-state index contributed by atoms with van der Waals surface area (Å²) in [6.45, 7) is 2.45. The molecule has 5 nitrogen and oxygen atoms in total. The fourth-order valence-electron chi connectivity index (χ4n) is 2.11. The second-order valence-electron chi connectivity index (χ2n) is 5.51. The first kappa shape index (κ1) is 22.5. The lowest BCUT2D eigenvalue weighted by Crippen LogP contribution is -2.56. The molecule has 2 aromatic rings. The lowest BCUT2D eigenvalue weighted by molar-refractivity contribution is 0.0934. The first-order valence-electron chi connectivity index (χ1n) is 8.12. The highest BCUT2D eigenvalue weighted by atomic mass is 35.6. The number of carbonyl (C=O) groups excluding carboxylic acids is 1. The molecule has 3 N–H and O–H groups in total. The third-order valence-electron chi connectivity index (χ3n) is 3.41. The lowest BCUT2D eigenvalue weighted by atomic mass is 10.2. The van der Waals surface area contributed by atoms with E-state index >= 15 is 0 Å². The molecule has 0 spiro atoms. The molecule has 0 bridgehead atoms. The van der Waals surface area contributed by atoms with E-state index in [0.717, 1.165) is 17.9 Å². The Morgan fingerprint density at radius 1 is 1.11 bits per heavy atom. The monoisotopic (exact) mass is 463 g/mol. The molecular formula is C18H17Cl3FN3O2S. The van der Waals surface area contributed by atoms with Crippen LogP contribution in [0.1, 0.15) is 17.3 Å². The van der Waals surface area contributed by atoms with Gasteiger partial charge in [-0.05, 0) is 67.7 Å². The van der Waals surface area contributed by atoms with Crippen LogP contribution in [0.4, 0.5) is 10.1 Å². The van der Waals surface area contributed by atoms with Crippen LogP contribution in [-0.4, -0.2) is 27.6 Å². The van der Waals surface area contributed by atoms with Crippen LogP contribution in [0.5, 0.6) is 5.75 Å². The van der Waals surface area contributed by atoms with E-state index in [2.05, 4.69) is 16.0 Å². The van der Waals surface area contributed by atoms with Crippen LogP contribution < -0.4 is 20.7 Å². The van der Waals surface area contributed by atoms with E-state index in [1.807, 2.05) is 6.92 Å². The van der Waals surface area contributed by atoms with Gasteiger partial charge in [0.2, 0.25) is 3.79 Å². The van der Waals surface area contributed by atoms with Crippen LogP contribution in [0.2, 0.25) is 0 Å². The van der Waals surface area contributed by atoms with Crippen molar-refractivity contribution < 1.29 is 13.9 Å². The quantitative estimate of drug-likeness (QED) is 0.330. The molecule has 0 radical (unpaired) electrons. The molecule has 1 atom stereocenters. The molecule has 0 saturated heterocycles. The molecule has 0 saturated carbocycles. The largest absolute Gasteiger partial charge is 0.494 e. The minimum absolute atomic E-state index is 0.125. The van der Waals surface area contributed by atoms with Crippen molar-refractivity contribution in [1.82, 2.24) is 10.6 Å². The zero-order valence-electron chi connectivity index (χ0n) is 14.6. The maximum atomic E-state index is 13.0. The van der Waals surface area contributed by atoms with Crippen LogP contribution >= 0.6 is 47.0 Å². The zero-order chi connectivity index (χ0) is 20.7. The van der Waals surface area contributed by atoms with E-state index in [-0.39, 0.29) is 10.7 Å². The fourth-order valence-corrected chi connectivity index (χ4v) is 2.68. The second-order valence-corrected chi connectivity index (χ2v) is 8.29. The predicted octanol–water partition coefficient (Wildman–Crippen LogP) is 4.64. The average Bonchev–Trinajstić information content (AvgIpc) is 2.62. The number of anilines is 1. The highest BCUT2D eigenvalue weighted by Gasteiger charge is 2.34. The summed E-state index contributed by atoms with van der Waals surface area (Å²) in [6.07, 6.45) is -1.14. The molecular weight excluding hydrogens is 448 g/mol. The van der Waals surface area contributed by atoms with Gasteiger partial charge in [0.05, 0.1) is 6.61 Å². The van der Waals surface area contributed by atoms with Crippen molar-refractivity contribution in [1.29, 1.82) is 0 Å². The SMILES string of the molecule is CCOc1ccc(NC(=S)N[C@@H](NC(=O)c2ccc(F)cc2)C(Cl)(Cl)Cl)cc1. The molecule has 0 fully saturated rings. The number of amides is 1. The van der Waals surface area contributed by atoms with Crippen LogP contribution in [0, 0.1) is 5.82 Å². The Morgan fingerprint density at radius 3 is 2.25 bits per heavy atom. The highest BCUT2D eigenvalue weighted by molar-refractivity contribution is 7.80. The van der Waals surface area contributed by atoms with Crippen molar-refractivity contribution in [3.05, 3.63) is 59.9 Å². The minimum atomic E-state index is -1.90. The molecule has 10 heteroatoms. The van der Waals surface area contributed by atoms with E-state index in [0.29, 0.717) is 12.3 Å². The Labute approximate surface area is 182 Å². The van der Waals surface area contributed by atoms with Gasteiger partial charge < -0.3 is 20.7 Å². The smallest absolute Gasteiger partial charge is 0.252 e. The third kappa shape index (κ3) is 6.98.